The number of aliphatic hydroxyl groups excluding tert-OH is 1. The lowest BCUT2D eigenvalue weighted by molar-refractivity contribution is 0.281. The van der Waals surface area contributed by atoms with Gasteiger partial charge in [0.1, 0.15) is 0 Å². The molecule has 2 rings (SSSR count). The standard InChI is InChI=1S/C10H13NO/c1-7-10-4-8(6-12)2-3-9(10)5-11-7/h2-4,7,11-12H,5-6H2,1H3. The largest absolute Gasteiger partial charge is 0.392 e. The van der Waals surface area contributed by atoms with Gasteiger partial charge in [0.15, 0.2) is 0 Å². The van der Waals surface area contributed by atoms with Crippen molar-refractivity contribution in [2.75, 3.05) is 0 Å². The maximum Gasteiger partial charge on any atom is 0.0681 e. The lowest BCUT2D eigenvalue weighted by atomic mass is 10.0. The Balaban J connectivity index is 2.43. The van der Waals surface area contributed by atoms with Crippen LogP contribution < -0.4 is 5.32 Å². The van der Waals surface area contributed by atoms with E-state index >= 15 is 0 Å². The van der Waals surface area contributed by atoms with Crippen molar-refractivity contribution in [3.63, 3.8) is 0 Å². The summed E-state index contributed by atoms with van der Waals surface area (Å²) in [6.07, 6.45) is 0. The van der Waals surface area contributed by atoms with E-state index in [1.807, 2.05) is 6.07 Å². The molecule has 0 fully saturated rings. The molecular weight excluding hydrogens is 150 g/mol. The monoisotopic (exact) mass is 163 g/mol. The lowest BCUT2D eigenvalue weighted by Gasteiger charge is -2.05. The summed E-state index contributed by atoms with van der Waals surface area (Å²) < 4.78 is 0. The van der Waals surface area contributed by atoms with Crippen LogP contribution in [0.2, 0.25) is 0 Å². The van der Waals surface area contributed by atoms with Crippen LogP contribution >= 0.6 is 0 Å². The summed E-state index contributed by atoms with van der Waals surface area (Å²) in [6.45, 7) is 3.25. The van der Waals surface area contributed by atoms with Crippen molar-refractivity contribution in [3.8, 4) is 0 Å². The number of nitrogens with one attached hydrogen (secondary N) is 1. The quantitative estimate of drug-likeness (QED) is 0.655. The first kappa shape index (κ1) is 7.77. The second kappa shape index (κ2) is 2.88. The SMILES string of the molecule is CC1NCc2ccc(CO)cc21. The normalized spacial score (nSPS) is 21.0. The van der Waals surface area contributed by atoms with E-state index in [1.54, 1.807) is 0 Å². The molecule has 64 valence electrons. The summed E-state index contributed by atoms with van der Waals surface area (Å²) in [5, 5.41) is 12.3. The fourth-order valence-electron chi connectivity index (χ4n) is 1.68. The zero-order chi connectivity index (χ0) is 8.55. The van der Waals surface area contributed by atoms with Gasteiger partial charge in [-0.15, -0.1) is 0 Å². The van der Waals surface area contributed by atoms with Gasteiger partial charge in [-0.3, -0.25) is 0 Å². The van der Waals surface area contributed by atoms with Gasteiger partial charge in [0.25, 0.3) is 0 Å². The average molecular weight is 163 g/mol. The van der Waals surface area contributed by atoms with Crippen LogP contribution in [-0.4, -0.2) is 5.11 Å². The predicted molar refractivity (Wildman–Crippen MR) is 47.6 cm³/mol. The van der Waals surface area contributed by atoms with Gasteiger partial charge < -0.3 is 10.4 Å². The van der Waals surface area contributed by atoms with Gasteiger partial charge in [0.2, 0.25) is 0 Å². The van der Waals surface area contributed by atoms with Crippen LogP contribution in [0.25, 0.3) is 0 Å². The fraction of sp³-hybridized carbons (Fsp3) is 0.400. The van der Waals surface area contributed by atoms with Crippen molar-refractivity contribution >= 4 is 0 Å². The van der Waals surface area contributed by atoms with Gasteiger partial charge in [0, 0.05) is 12.6 Å². The minimum atomic E-state index is 0.139. The van der Waals surface area contributed by atoms with Crippen molar-refractivity contribution < 1.29 is 5.11 Å². The molecule has 1 aromatic rings. The highest BCUT2D eigenvalue weighted by molar-refractivity contribution is 5.36. The van der Waals surface area contributed by atoms with E-state index in [1.165, 1.54) is 11.1 Å². The number of benzene rings is 1. The van der Waals surface area contributed by atoms with Crippen LogP contribution in [0.1, 0.15) is 29.7 Å². The highest BCUT2D eigenvalue weighted by Crippen LogP contribution is 2.25. The van der Waals surface area contributed by atoms with Crippen molar-refractivity contribution in [1.82, 2.24) is 5.32 Å². The van der Waals surface area contributed by atoms with Crippen molar-refractivity contribution in [3.05, 3.63) is 34.9 Å². The second-order valence-electron chi connectivity index (χ2n) is 3.29. The molecule has 2 N–H and O–H groups in total. The second-order valence-corrected chi connectivity index (χ2v) is 3.29. The first-order valence-corrected chi connectivity index (χ1v) is 4.27. The molecule has 0 bridgehead atoms. The zero-order valence-corrected chi connectivity index (χ0v) is 7.17. The van der Waals surface area contributed by atoms with Crippen LogP contribution in [0.3, 0.4) is 0 Å². The topological polar surface area (TPSA) is 32.3 Å². The van der Waals surface area contributed by atoms with Crippen LogP contribution in [-0.2, 0) is 13.2 Å². The van der Waals surface area contributed by atoms with E-state index in [2.05, 4.69) is 24.4 Å². The van der Waals surface area contributed by atoms with Crippen molar-refractivity contribution in [1.29, 1.82) is 0 Å². The smallest absolute Gasteiger partial charge is 0.0681 e. The van der Waals surface area contributed by atoms with Crippen molar-refractivity contribution in [2.45, 2.75) is 26.1 Å². The number of aliphatic hydroxyl groups is 1. The summed E-state index contributed by atoms with van der Waals surface area (Å²) >= 11 is 0. The molecule has 1 aliphatic heterocycles. The van der Waals surface area contributed by atoms with Gasteiger partial charge in [-0.2, -0.15) is 0 Å². The van der Waals surface area contributed by atoms with Gasteiger partial charge in [-0.1, -0.05) is 18.2 Å². The minimum Gasteiger partial charge on any atom is -0.392 e. The molecule has 1 heterocycles. The summed E-state index contributed by atoms with van der Waals surface area (Å²) in [7, 11) is 0. The molecular formula is C10H13NO. The molecule has 12 heavy (non-hydrogen) atoms. The first-order chi connectivity index (χ1) is 5.81. The summed E-state index contributed by atoms with van der Waals surface area (Å²) in [5.41, 5.74) is 3.70. The minimum absolute atomic E-state index is 0.139. The van der Waals surface area contributed by atoms with Gasteiger partial charge >= 0.3 is 0 Å². The summed E-state index contributed by atoms with van der Waals surface area (Å²) in [6, 6.07) is 6.60. The van der Waals surface area contributed by atoms with E-state index in [0.29, 0.717) is 6.04 Å². The summed E-state index contributed by atoms with van der Waals surface area (Å²) in [4.78, 5) is 0. The molecule has 1 aromatic carbocycles. The van der Waals surface area contributed by atoms with Gasteiger partial charge in [-0.05, 0) is 23.6 Å². The molecule has 2 nitrogen and oxygen atoms in total. The Bertz CT molecular complexity index is 296. The maximum absolute atomic E-state index is 8.93. The van der Waals surface area contributed by atoms with Gasteiger partial charge in [-0.25, -0.2) is 0 Å². The number of rotatable bonds is 1. The number of hydrogen-bond donors (Lipinski definition) is 2. The molecule has 0 radical (unpaired) electrons. The third-order valence-electron chi connectivity index (χ3n) is 2.46. The molecule has 2 heteroatoms. The molecule has 1 atom stereocenters. The first-order valence-electron chi connectivity index (χ1n) is 4.27. The van der Waals surface area contributed by atoms with E-state index in [9.17, 15) is 0 Å². The molecule has 1 unspecified atom stereocenters. The van der Waals surface area contributed by atoms with Crippen molar-refractivity contribution in [2.24, 2.45) is 0 Å². The lowest BCUT2D eigenvalue weighted by Crippen LogP contribution is -2.07. The Morgan fingerprint density at radius 2 is 2.42 bits per heavy atom. The fourth-order valence-corrected chi connectivity index (χ4v) is 1.68. The van der Waals surface area contributed by atoms with E-state index in [-0.39, 0.29) is 6.61 Å². The maximum atomic E-state index is 8.93. The van der Waals surface area contributed by atoms with E-state index < -0.39 is 0 Å². The molecule has 0 saturated heterocycles. The Kier molecular flexibility index (Phi) is 1.87. The van der Waals surface area contributed by atoms with E-state index in [4.69, 9.17) is 5.11 Å². The van der Waals surface area contributed by atoms with Gasteiger partial charge in [0.05, 0.1) is 6.61 Å². The average Bonchev–Trinajstić information content (AvgIpc) is 2.47. The third kappa shape index (κ3) is 1.13. The number of hydrogen-bond acceptors (Lipinski definition) is 2. The highest BCUT2D eigenvalue weighted by atomic mass is 16.3. The zero-order valence-electron chi connectivity index (χ0n) is 7.17. The Morgan fingerprint density at radius 3 is 3.17 bits per heavy atom. The molecule has 0 amide bonds. The van der Waals surface area contributed by atoms with Crippen LogP contribution in [0.15, 0.2) is 18.2 Å². The molecule has 0 saturated carbocycles. The Morgan fingerprint density at radius 1 is 1.58 bits per heavy atom. The number of fused-ring (bicyclic) bond motifs is 1. The molecule has 0 aromatic heterocycles. The molecule has 0 aliphatic carbocycles. The van der Waals surface area contributed by atoms with Crippen LogP contribution in [0.5, 0.6) is 0 Å². The molecule has 0 spiro atoms. The van der Waals surface area contributed by atoms with Crippen LogP contribution in [0.4, 0.5) is 0 Å². The Hall–Kier alpha value is -0.860. The van der Waals surface area contributed by atoms with Crippen LogP contribution in [0, 0.1) is 0 Å². The summed E-state index contributed by atoms with van der Waals surface area (Å²) in [5.74, 6) is 0. The predicted octanol–water partition coefficient (Wildman–Crippen LogP) is 1.34. The highest BCUT2D eigenvalue weighted by Gasteiger charge is 2.16. The third-order valence-corrected chi connectivity index (χ3v) is 2.46. The molecule has 1 aliphatic rings. The van der Waals surface area contributed by atoms with E-state index in [0.717, 1.165) is 12.1 Å². The Labute approximate surface area is 72.2 Å².